The van der Waals surface area contributed by atoms with Gasteiger partial charge in [0.1, 0.15) is 12.4 Å². The molecule has 0 saturated carbocycles. The van der Waals surface area contributed by atoms with E-state index in [1.807, 2.05) is 42.2 Å². The van der Waals surface area contributed by atoms with Crippen LogP contribution < -0.4 is 10.1 Å². The van der Waals surface area contributed by atoms with Crippen LogP contribution in [0.1, 0.15) is 24.8 Å². The van der Waals surface area contributed by atoms with Gasteiger partial charge in [-0.25, -0.2) is 4.99 Å². The molecular weight excluding hydrogens is 521 g/mol. The summed E-state index contributed by atoms with van der Waals surface area (Å²) in [6.45, 7) is 6.14. The number of guanidine groups is 1. The van der Waals surface area contributed by atoms with Gasteiger partial charge in [-0.05, 0) is 37.1 Å². The number of ether oxygens (including phenoxy) is 1. The van der Waals surface area contributed by atoms with Gasteiger partial charge in [0.2, 0.25) is 0 Å². The maximum Gasteiger partial charge on any atom is 0.194 e. The van der Waals surface area contributed by atoms with E-state index in [2.05, 4.69) is 44.4 Å². The number of aliphatic imine (C=N–C) groups is 1. The van der Waals surface area contributed by atoms with Gasteiger partial charge in [0.05, 0.1) is 12.7 Å². The molecule has 148 valence electrons. The van der Waals surface area contributed by atoms with Gasteiger partial charge in [0, 0.05) is 43.3 Å². The standard InChI is InChI=1S/C19H26BrN5O.HI/c1-3-21-19(22-8-10-26-18-6-4-5-17(20)11-18)25-9-7-15(14-25)16-12-23-24(2)13-16;/h4-6,11-13,15H,3,7-10,14H2,1-2H3,(H,21,22);1H. The molecule has 6 nitrogen and oxygen atoms in total. The molecule has 1 aromatic carbocycles. The van der Waals surface area contributed by atoms with Gasteiger partial charge >= 0.3 is 0 Å². The molecule has 0 aliphatic carbocycles. The Hall–Kier alpha value is -1.29. The highest BCUT2D eigenvalue weighted by molar-refractivity contribution is 14.0. The molecule has 3 rings (SSSR count). The fraction of sp³-hybridized carbons (Fsp3) is 0.474. The number of hydrogen-bond donors (Lipinski definition) is 1. The number of benzene rings is 1. The number of aromatic nitrogens is 2. The second kappa shape index (κ2) is 10.9. The van der Waals surface area contributed by atoms with Crippen LogP contribution in [-0.2, 0) is 7.05 Å². The van der Waals surface area contributed by atoms with Crippen LogP contribution in [0.15, 0.2) is 46.1 Å². The van der Waals surface area contributed by atoms with Crippen molar-refractivity contribution in [3.8, 4) is 5.75 Å². The monoisotopic (exact) mass is 547 g/mol. The smallest absolute Gasteiger partial charge is 0.194 e. The molecule has 2 aromatic rings. The summed E-state index contributed by atoms with van der Waals surface area (Å²) in [5.74, 6) is 2.35. The average molecular weight is 548 g/mol. The fourth-order valence-electron chi connectivity index (χ4n) is 3.17. The Balaban J connectivity index is 0.00000261. The Morgan fingerprint density at radius 3 is 3.00 bits per heavy atom. The third-order valence-electron chi connectivity index (χ3n) is 4.44. The average Bonchev–Trinajstić information content (AvgIpc) is 3.27. The molecule has 0 spiro atoms. The maximum atomic E-state index is 5.78. The predicted molar refractivity (Wildman–Crippen MR) is 123 cm³/mol. The molecular formula is C19H27BrIN5O. The number of nitrogens with zero attached hydrogens (tertiary/aromatic N) is 4. The minimum atomic E-state index is 0. The zero-order valence-corrected chi connectivity index (χ0v) is 19.7. The number of halogens is 2. The van der Waals surface area contributed by atoms with Crippen LogP contribution in [0.2, 0.25) is 0 Å². The lowest BCUT2D eigenvalue weighted by atomic mass is 10.0. The second-order valence-electron chi connectivity index (χ2n) is 6.42. The summed E-state index contributed by atoms with van der Waals surface area (Å²) in [4.78, 5) is 7.07. The summed E-state index contributed by atoms with van der Waals surface area (Å²) in [6, 6.07) is 7.88. The Morgan fingerprint density at radius 2 is 2.30 bits per heavy atom. The molecule has 0 amide bonds. The summed E-state index contributed by atoms with van der Waals surface area (Å²) >= 11 is 3.46. The molecule has 0 radical (unpaired) electrons. The van der Waals surface area contributed by atoms with Crippen molar-refractivity contribution >= 4 is 45.9 Å². The van der Waals surface area contributed by atoms with E-state index in [4.69, 9.17) is 9.73 Å². The summed E-state index contributed by atoms with van der Waals surface area (Å²) in [7, 11) is 1.97. The zero-order chi connectivity index (χ0) is 18.4. The molecule has 1 aromatic heterocycles. The normalized spacial score (nSPS) is 16.9. The van der Waals surface area contributed by atoms with Gasteiger partial charge in [-0.2, -0.15) is 5.10 Å². The van der Waals surface area contributed by atoms with E-state index >= 15 is 0 Å². The molecule has 0 bridgehead atoms. The number of likely N-dealkylation sites (tertiary alicyclic amines) is 1. The van der Waals surface area contributed by atoms with Crippen LogP contribution in [0.3, 0.4) is 0 Å². The Labute approximate surface area is 186 Å². The van der Waals surface area contributed by atoms with Gasteiger partial charge in [0.25, 0.3) is 0 Å². The molecule has 1 N–H and O–H groups in total. The summed E-state index contributed by atoms with van der Waals surface area (Å²) in [5, 5.41) is 7.70. The van der Waals surface area contributed by atoms with Crippen LogP contribution in [0, 0.1) is 0 Å². The first kappa shape index (κ1) is 22.0. The van der Waals surface area contributed by atoms with Crippen LogP contribution >= 0.6 is 39.9 Å². The maximum absolute atomic E-state index is 5.78. The number of nitrogens with one attached hydrogen (secondary N) is 1. The van der Waals surface area contributed by atoms with Crippen molar-refractivity contribution in [1.82, 2.24) is 20.0 Å². The van der Waals surface area contributed by atoms with Gasteiger partial charge in [-0.1, -0.05) is 22.0 Å². The Bertz CT molecular complexity index is 751. The van der Waals surface area contributed by atoms with Crippen molar-refractivity contribution in [3.63, 3.8) is 0 Å². The zero-order valence-electron chi connectivity index (χ0n) is 15.8. The third-order valence-corrected chi connectivity index (χ3v) is 4.93. The van der Waals surface area contributed by atoms with E-state index in [0.717, 1.165) is 42.2 Å². The first-order valence-corrected chi connectivity index (χ1v) is 9.85. The summed E-state index contributed by atoms with van der Waals surface area (Å²) in [6.07, 6.45) is 5.22. The molecule has 1 unspecified atom stereocenters. The highest BCUT2D eigenvalue weighted by Crippen LogP contribution is 2.26. The molecule has 1 aliphatic rings. The van der Waals surface area contributed by atoms with Gasteiger partial charge in [-0.15, -0.1) is 24.0 Å². The minimum Gasteiger partial charge on any atom is -0.492 e. The van der Waals surface area contributed by atoms with Crippen molar-refractivity contribution in [2.24, 2.45) is 12.0 Å². The van der Waals surface area contributed by atoms with E-state index < -0.39 is 0 Å². The molecule has 1 saturated heterocycles. The number of aryl methyl sites for hydroxylation is 1. The van der Waals surface area contributed by atoms with Crippen molar-refractivity contribution in [1.29, 1.82) is 0 Å². The largest absolute Gasteiger partial charge is 0.492 e. The lowest BCUT2D eigenvalue weighted by Crippen LogP contribution is -2.40. The van der Waals surface area contributed by atoms with E-state index in [0.29, 0.717) is 19.1 Å². The van der Waals surface area contributed by atoms with Gasteiger partial charge < -0.3 is 15.0 Å². The quantitative estimate of drug-likeness (QED) is 0.260. The van der Waals surface area contributed by atoms with Crippen molar-refractivity contribution in [2.75, 3.05) is 32.8 Å². The van der Waals surface area contributed by atoms with Crippen molar-refractivity contribution < 1.29 is 4.74 Å². The highest BCUT2D eigenvalue weighted by atomic mass is 127. The van der Waals surface area contributed by atoms with E-state index in [1.54, 1.807) is 0 Å². The second-order valence-corrected chi connectivity index (χ2v) is 7.34. The van der Waals surface area contributed by atoms with E-state index in [-0.39, 0.29) is 24.0 Å². The first-order chi connectivity index (χ1) is 12.7. The highest BCUT2D eigenvalue weighted by Gasteiger charge is 2.26. The lowest BCUT2D eigenvalue weighted by molar-refractivity contribution is 0.327. The predicted octanol–water partition coefficient (Wildman–Crippen LogP) is 3.63. The molecule has 2 heterocycles. The molecule has 8 heteroatoms. The molecule has 1 fully saturated rings. The fourth-order valence-corrected chi connectivity index (χ4v) is 3.55. The van der Waals surface area contributed by atoms with Crippen molar-refractivity contribution in [3.05, 3.63) is 46.7 Å². The molecule has 1 aliphatic heterocycles. The molecule has 27 heavy (non-hydrogen) atoms. The Morgan fingerprint density at radius 1 is 1.44 bits per heavy atom. The van der Waals surface area contributed by atoms with Crippen molar-refractivity contribution in [2.45, 2.75) is 19.3 Å². The van der Waals surface area contributed by atoms with Crippen LogP contribution in [0.5, 0.6) is 5.75 Å². The van der Waals surface area contributed by atoms with Crippen LogP contribution in [0.25, 0.3) is 0 Å². The SMILES string of the molecule is CCNC(=NCCOc1cccc(Br)c1)N1CCC(c2cnn(C)c2)C1.I. The third kappa shape index (κ3) is 6.38. The minimum absolute atomic E-state index is 0. The van der Waals surface area contributed by atoms with Gasteiger partial charge in [-0.3, -0.25) is 4.68 Å². The number of rotatable bonds is 6. The number of hydrogen-bond acceptors (Lipinski definition) is 3. The van der Waals surface area contributed by atoms with Gasteiger partial charge in [0.15, 0.2) is 5.96 Å². The van der Waals surface area contributed by atoms with E-state index in [9.17, 15) is 0 Å². The summed E-state index contributed by atoms with van der Waals surface area (Å²) in [5.41, 5.74) is 1.31. The topological polar surface area (TPSA) is 54.7 Å². The first-order valence-electron chi connectivity index (χ1n) is 9.06. The van der Waals surface area contributed by atoms with Crippen LogP contribution in [-0.4, -0.2) is 53.4 Å². The Kier molecular flexibility index (Phi) is 8.88. The molecule has 1 atom stereocenters. The lowest BCUT2D eigenvalue weighted by Gasteiger charge is -2.21. The van der Waals surface area contributed by atoms with Crippen LogP contribution in [0.4, 0.5) is 0 Å². The van der Waals surface area contributed by atoms with E-state index in [1.165, 1.54) is 5.56 Å². The summed E-state index contributed by atoms with van der Waals surface area (Å²) < 4.78 is 8.67.